The van der Waals surface area contributed by atoms with Crippen molar-refractivity contribution in [1.82, 2.24) is 14.9 Å². The molecule has 6 heteroatoms. The molecule has 0 bridgehead atoms. The summed E-state index contributed by atoms with van der Waals surface area (Å²) in [5.74, 6) is -0.0913. The Kier molecular flexibility index (Phi) is 5.90. The van der Waals surface area contributed by atoms with Gasteiger partial charge in [0, 0.05) is 18.2 Å². The highest BCUT2D eigenvalue weighted by Gasteiger charge is 2.17. The minimum absolute atomic E-state index is 0.0913. The van der Waals surface area contributed by atoms with E-state index >= 15 is 0 Å². The van der Waals surface area contributed by atoms with Crippen LogP contribution in [0.25, 0.3) is 10.9 Å². The molecule has 0 saturated heterocycles. The molecule has 1 fully saturated rings. The van der Waals surface area contributed by atoms with Crippen molar-refractivity contribution in [3.05, 3.63) is 74.8 Å². The average Bonchev–Trinajstić information content (AvgIpc) is 2.74. The molecule has 5 nitrogen and oxygen atoms in total. The standard InChI is InChI=1S/C23H25N3O2S/c27-21(24-18-9-5-2-6-10-18)17-11-12-19-20(15-17)25-23(29)26(22(19)28)14-13-16-7-3-1-4-8-16/h1,3-4,7-8,11-12,15,18H,2,5-6,9-10,13-14H2,(H,24,27)(H,25,29). The zero-order chi connectivity index (χ0) is 20.2. The van der Waals surface area contributed by atoms with Crippen LogP contribution in [0.15, 0.2) is 53.3 Å². The molecular formula is C23H25N3O2S. The van der Waals surface area contributed by atoms with E-state index in [2.05, 4.69) is 10.3 Å². The van der Waals surface area contributed by atoms with Gasteiger partial charge in [-0.05, 0) is 55.2 Å². The minimum atomic E-state index is -0.126. The zero-order valence-electron chi connectivity index (χ0n) is 16.3. The van der Waals surface area contributed by atoms with E-state index in [-0.39, 0.29) is 17.5 Å². The molecule has 1 aliphatic carbocycles. The van der Waals surface area contributed by atoms with Gasteiger partial charge in [-0.2, -0.15) is 0 Å². The molecule has 1 heterocycles. The number of aromatic nitrogens is 2. The van der Waals surface area contributed by atoms with Crippen molar-refractivity contribution in [3.8, 4) is 0 Å². The van der Waals surface area contributed by atoms with E-state index in [1.807, 2.05) is 30.3 Å². The maximum absolute atomic E-state index is 12.9. The van der Waals surface area contributed by atoms with Gasteiger partial charge in [-0.1, -0.05) is 49.6 Å². The Morgan fingerprint density at radius 3 is 2.62 bits per heavy atom. The van der Waals surface area contributed by atoms with Crippen molar-refractivity contribution in [2.45, 2.75) is 51.1 Å². The second kappa shape index (κ2) is 8.74. The van der Waals surface area contributed by atoms with Crippen LogP contribution >= 0.6 is 12.2 Å². The Labute approximate surface area is 174 Å². The van der Waals surface area contributed by atoms with E-state index < -0.39 is 0 Å². The predicted molar refractivity (Wildman–Crippen MR) is 118 cm³/mol. The Bertz CT molecular complexity index is 1130. The highest BCUT2D eigenvalue weighted by molar-refractivity contribution is 7.71. The van der Waals surface area contributed by atoms with Gasteiger partial charge in [0.2, 0.25) is 0 Å². The molecule has 4 rings (SSSR count). The van der Waals surface area contributed by atoms with Crippen LogP contribution in [0.1, 0.15) is 48.0 Å². The molecule has 0 radical (unpaired) electrons. The molecule has 0 spiro atoms. The van der Waals surface area contributed by atoms with Crippen LogP contribution in [0.5, 0.6) is 0 Å². The number of nitrogens with one attached hydrogen (secondary N) is 2. The Morgan fingerprint density at radius 2 is 1.86 bits per heavy atom. The van der Waals surface area contributed by atoms with Gasteiger partial charge in [0.15, 0.2) is 4.77 Å². The number of hydrogen-bond donors (Lipinski definition) is 2. The molecule has 0 aliphatic heterocycles. The number of carbonyl (C=O) groups is 1. The second-order valence-corrected chi connectivity index (χ2v) is 8.08. The SMILES string of the molecule is O=C(NC1CCCCC1)c1ccc2c(=O)n(CCc3ccccc3)c(=S)[nH]c2c1. The summed E-state index contributed by atoms with van der Waals surface area (Å²) in [6, 6.07) is 15.4. The van der Waals surface area contributed by atoms with E-state index in [9.17, 15) is 9.59 Å². The Balaban J connectivity index is 1.57. The zero-order valence-corrected chi connectivity index (χ0v) is 17.1. The first-order valence-corrected chi connectivity index (χ1v) is 10.6. The summed E-state index contributed by atoms with van der Waals surface area (Å²) >= 11 is 5.43. The molecule has 1 saturated carbocycles. The van der Waals surface area contributed by atoms with Crippen LogP contribution in [0, 0.1) is 4.77 Å². The molecule has 1 aliphatic rings. The maximum Gasteiger partial charge on any atom is 0.262 e. The summed E-state index contributed by atoms with van der Waals surface area (Å²) in [4.78, 5) is 28.7. The summed E-state index contributed by atoms with van der Waals surface area (Å²) in [5.41, 5.74) is 2.19. The van der Waals surface area contributed by atoms with Crippen molar-refractivity contribution in [2.75, 3.05) is 0 Å². The number of fused-ring (bicyclic) bond motifs is 1. The van der Waals surface area contributed by atoms with Crippen LogP contribution in [-0.2, 0) is 13.0 Å². The van der Waals surface area contributed by atoms with E-state index in [4.69, 9.17) is 12.2 Å². The first-order valence-electron chi connectivity index (χ1n) is 10.2. The van der Waals surface area contributed by atoms with E-state index in [1.165, 1.54) is 6.42 Å². The van der Waals surface area contributed by atoms with Crippen LogP contribution in [-0.4, -0.2) is 21.5 Å². The molecule has 29 heavy (non-hydrogen) atoms. The average molecular weight is 408 g/mol. The summed E-state index contributed by atoms with van der Waals surface area (Å²) in [5, 5.41) is 3.66. The number of rotatable bonds is 5. The van der Waals surface area contributed by atoms with Crippen LogP contribution in [0.3, 0.4) is 0 Å². The van der Waals surface area contributed by atoms with Crippen molar-refractivity contribution in [1.29, 1.82) is 0 Å². The minimum Gasteiger partial charge on any atom is -0.349 e. The largest absolute Gasteiger partial charge is 0.349 e. The topological polar surface area (TPSA) is 66.9 Å². The van der Waals surface area contributed by atoms with Crippen molar-refractivity contribution in [3.63, 3.8) is 0 Å². The van der Waals surface area contributed by atoms with Crippen LogP contribution < -0.4 is 10.9 Å². The lowest BCUT2D eigenvalue weighted by Crippen LogP contribution is -2.36. The first-order chi connectivity index (χ1) is 14.1. The third-order valence-corrected chi connectivity index (χ3v) is 5.97. The second-order valence-electron chi connectivity index (χ2n) is 7.69. The van der Waals surface area contributed by atoms with E-state index in [0.29, 0.717) is 27.8 Å². The molecule has 1 aromatic heterocycles. The highest BCUT2D eigenvalue weighted by Crippen LogP contribution is 2.18. The summed E-state index contributed by atoms with van der Waals surface area (Å²) in [6.07, 6.45) is 6.37. The molecular weight excluding hydrogens is 382 g/mol. The number of aromatic amines is 1. The van der Waals surface area contributed by atoms with Gasteiger partial charge in [0.1, 0.15) is 0 Å². The number of hydrogen-bond acceptors (Lipinski definition) is 3. The van der Waals surface area contributed by atoms with Gasteiger partial charge in [0.05, 0.1) is 10.9 Å². The van der Waals surface area contributed by atoms with Crippen molar-refractivity contribution < 1.29 is 4.79 Å². The molecule has 0 atom stereocenters. The normalized spacial score (nSPS) is 14.8. The Morgan fingerprint density at radius 1 is 1.10 bits per heavy atom. The summed E-state index contributed by atoms with van der Waals surface area (Å²) in [6.45, 7) is 0.512. The Hall–Kier alpha value is -2.73. The molecule has 0 unspecified atom stereocenters. The monoisotopic (exact) mass is 407 g/mol. The lowest BCUT2D eigenvalue weighted by atomic mass is 9.95. The van der Waals surface area contributed by atoms with Gasteiger partial charge in [-0.3, -0.25) is 14.2 Å². The molecule has 2 N–H and O–H groups in total. The predicted octanol–water partition coefficient (Wildman–Crippen LogP) is 4.36. The van der Waals surface area contributed by atoms with Gasteiger partial charge < -0.3 is 10.3 Å². The van der Waals surface area contributed by atoms with Crippen molar-refractivity contribution in [2.24, 2.45) is 0 Å². The third kappa shape index (κ3) is 4.48. The fourth-order valence-corrected chi connectivity index (χ4v) is 4.28. The van der Waals surface area contributed by atoms with Gasteiger partial charge in [0.25, 0.3) is 11.5 Å². The van der Waals surface area contributed by atoms with Gasteiger partial charge >= 0.3 is 0 Å². The molecule has 1 amide bonds. The molecule has 3 aromatic rings. The quantitative estimate of drug-likeness (QED) is 0.618. The third-order valence-electron chi connectivity index (χ3n) is 5.65. The van der Waals surface area contributed by atoms with E-state index in [1.54, 1.807) is 22.8 Å². The highest BCUT2D eigenvalue weighted by atomic mass is 32.1. The van der Waals surface area contributed by atoms with Crippen LogP contribution in [0.4, 0.5) is 0 Å². The summed E-state index contributed by atoms with van der Waals surface area (Å²) in [7, 11) is 0. The number of H-pyrrole nitrogens is 1. The smallest absolute Gasteiger partial charge is 0.262 e. The number of nitrogens with zero attached hydrogens (tertiary/aromatic N) is 1. The fraction of sp³-hybridized carbons (Fsp3) is 0.348. The maximum atomic E-state index is 12.9. The number of aryl methyl sites for hydroxylation is 1. The van der Waals surface area contributed by atoms with Gasteiger partial charge in [-0.15, -0.1) is 0 Å². The summed E-state index contributed by atoms with van der Waals surface area (Å²) < 4.78 is 1.97. The van der Waals surface area contributed by atoms with Crippen LogP contribution in [0.2, 0.25) is 0 Å². The first kappa shape index (κ1) is 19.6. The number of benzene rings is 2. The number of carbonyl (C=O) groups excluding carboxylic acids is 1. The van der Waals surface area contributed by atoms with E-state index in [0.717, 1.165) is 37.7 Å². The van der Waals surface area contributed by atoms with Crippen molar-refractivity contribution >= 4 is 29.0 Å². The lowest BCUT2D eigenvalue weighted by Gasteiger charge is -2.22. The fourth-order valence-electron chi connectivity index (χ4n) is 4.00. The lowest BCUT2D eigenvalue weighted by molar-refractivity contribution is 0.0928. The number of amides is 1. The molecule has 2 aromatic carbocycles. The van der Waals surface area contributed by atoms with Gasteiger partial charge in [-0.25, -0.2) is 0 Å². The molecule has 150 valence electrons.